The van der Waals surface area contributed by atoms with Crippen molar-refractivity contribution in [3.05, 3.63) is 29.6 Å². The van der Waals surface area contributed by atoms with E-state index in [1.54, 1.807) is 6.07 Å². The van der Waals surface area contributed by atoms with E-state index in [4.69, 9.17) is 10.4 Å². The molecule has 1 aromatic rings. The lowest BCUT2D eigenvalue weighted by molar-refractivity contribution is -0.137. The molecule has 1 aromatic carbocycles. The number of hydrogen-bond donors (Lipinski definition) is 3. The molecule has 1 unspecified atom stereocenters. The standard InChI is InChI=1S/C14H16FN3O3/c1-9(5-6-13(19)20)8-17-14(21)18-12-4-2-3-11(15)10(12)7-16/h2-4,9H,5-6,8H2,1H3,(H,19,20)(H2,17,18,21). The van der Waals surface area contributed by atoms with Crippen molar-refractivity contribution in [2.75, 3.05) is 11.9 Å². The summed E-state index contributed by atoms with van der Waals surface area (Å²) in [6, 6.07) is 5.06. The first-order valence-electron chi connectivity index (χ1n) is 6.39. The van der Waals surface area contributed by atoms with Gasteiger partial charge in [0.2, 0.25) is 0 Å². The van der Waals surface area contributed by atoms with Crippen molar-refractivity contribution in [3.8, 4) is 6.07 Å². The molecule has 0 aliphatic heterocycles. The summed E-state index contributed by atoms with van der Waals surface area (Å²) in [7, 11) is 0. The third kappa shape index (κ3) is 5.48. The Morgan fingerprint density at radius 2 is 2.19 bits per heavy atom. The fourth-order valence-corrected chi connectivity index (χ4v) is 1.65. The summed E-state index contributed by atoms with van der Waals surface area (Å²) >= 11 is 0. The Morgan fingerprint density at radius 1 is 1.48 bits per heavy atom. The highest BCUT2D eigenvalue weighted by Crippen LogP contribution is 2.17. The second-order valence-corrected chi connectivity index (χ2v) is 4.65. The second-order valence-electron chi connectivity index (χ2n) is 4.65. The lowest BCUT2D eigenvalue weighted by atomic mass is 10.1. The summed E-state index contributed by atoms with van der Waals surface area (Å²) < 4.78 is 13.3. The Bertz CT molecular complexity index is 569. The maximum atomic E-state index is 13.3. The molecule has 0 saturated carbocycles. The Balaban J connectivity index is 2.50. The number of carbonyl (C=O) groups is 2. The summed E-state index contributed by atoms with van der Waals surface area (Å²) in [5.74, 6) is -1.59. The van der Waals surface area contributed by atoms with E-state index in [9.17, 15) is 14.0 Å². The SMILES string of the molecule is CC(CCC(=O)O)CNC(=O)Nc1cccc(F)c1C#N. The molecule has 0 aliphatic rings. The fraction of sp³-hybridized carbons (Fsp3) is 0.357. The molecule has 0 fully saturated rings. The number of rotatable bonds is 6. The van der Waals surface area contributed by atoms with E-state index in [0.717, 1.165) is 6.07 Å². The molecule has 0 aromatic heterocycles. The number of nitrogens with zero attached hydrogens (tertiary/aromatic N) is 1. The molecule has 1 atom stereocenters. The van der Waals surface area contributed by atoms with Crippen LogP contribution in [0, 0.1) is 23.1 Å². The van der Waals surface area contributed by atoms with Gasteiger partial charge in [0.25, 0.3) is 0 Å². The number of urea groups is 1. The van der Waals surface area contributed by atoms with Crippen LogP contribution >= 0.6 is 0 Å². The fourth-order valence-electron chi connectivity index (χ4n) is 1.65. The van der Waals surface area contributed by atoms with Crippen molar-refractivity contribution < 1.29 is 19.1 Å². The predicted molar refractivity (Wildman–Crippen MR) is 74.2 cm³/mol. The number of aliphatic carboxylic acids is 1. The van der Waals surface area contributed by atoms with E-state index >= 15 is 0 Å². The van der Waals surface area contributed by atoms with Crippen LogP contribution in [-0.2, 0) is 4.79 Å². The molecule has 3 N–H and O–H groups in total. The van der Waals surface area contributed by atoms with Crippen LogP contribution in [-0.4, -0.2) is 23.7 Å². The summed E-state index contributed by atoms with van der Waals surface area (Å²) in [6.45, 7) is 2.10. The van der Waals surface area contributed by atoms with Crippen LogP contribution in [0.3, 0.4) is 0 Å². The number of amides is 2. The number of nitriles is 1. The third-order valence-corrected chi connectivity index (χ3v) is 2.84. The van der Waals surface area contributed by atoms with Crippen molar-refractivity contribution in [3.63, 3.8) is 0 Å². The summed E-state index contributed by atoms with van der Waals surface area (Å²) in [5, 5.41) is 22.3. The number of hydrogen-bond acceptors (Lipinski definition) is 3. The molecule has 0 heterocycles. The van der Waals surface area contributed by atoms with Crippen molar-refractivity contribution in [1.82, 2.24) is 5.32 Å². The monoisotopic (exact) mass is 293 g/mol. The Hall–Kier alpha value is -2.62. The quantitative estimate of drug-likeness (QED) is 0.749. The van der Waals surface area contributed by atoms with E-state index in [-0.39, 0.29) is 30.1 Å². The zero-order valence-corrected chi connectivity index (χ0v) is 11.5. The average Bonchev–Trinajstić information content (AvgIpc) is 2.43. The number of carboxylic acid groups (broad SMARTS) is 1. The van der Waals surface area contributed by atoms with Gasteiger partial charge in [-0.3, -0.25) is 4.79 Å². The van der Waals surface area contributed by atoms with Gasteiger partial charge >= 0.3 is 12.0 Å². The van der Waals surface area contributed by atoms with Crippen molar-refractivity contribution >= 4 is 17.7 Å². The summed E-state index contributed by atoms with van der Waals surface area (Å²) in [4.78, 5) is 22.1. The van der Waals surface area contributed by atoms with Gasteiger partial charge in [0, 0.05) is 13.0 Å². The van der Waals surface area contributed by atoms with Crippen molar-refractivity contribution in [1.29, 1.82) is 5.26 Å². The van der Waals surface area contributed by atoms with Crippen LogP contribution < -0.4 is 10.6 Å². The zero-order valence-electron chi connectivity index (χ0n) is 11.5. The molecule has 0 radical (unpaired) electrons. The maximum absolute atomic E-state index is 13.3. The number of carboxylic acids is 1. The third-order valence-electron chi connectivity index (χ3n) is 2.84. The minimum atomic E-state index is -0.885. The molecule has 21 heavy (non-hydrogen) atoms. The molecule has 6 nitrogen and oxygen atoms in total. The Labute approximate surface area is 121 Å². The molecule has 7 heteroatoms. The highest BCUT2D eigenvalue weighted by atomic mass is 19.1. The van der Waals surface area contributed by atoms with Crippen LogP contribution in [0.25, 0.3) is 0 Å². The predicted octanol–water partition coefficient (Wildman–Crippen LogP) is 2.32. The molecule has 1 rings (SSSR count). The van der Waals surface area contributed by atoms with E-state index in [1.807, 2.05) is 6.92 Å². The smallest absolute Gasteiger partial charge is 0.319 e. The molecule has 0 saturated heterocycles. The van der Waals surface area contributed by atoms with Gasteiger partial charge in [-0.1, -0.05) is 13.0 Å². The average molecular weight is 293 g/mol. The van der Waals surface area contributed by atoms with Crippen LogP contribution in [0.1, 0.15) is 25.3 Å². The van der Waals surface area contributed by atoms with E-state index in [0.29, 0.717) is 6.42 Å². The molecule has 0 spiro atoms. The van der Waals surface area contributed by atoms with Gasteiger partial charge in [-0.25, -0.2) is 9.18 Å². The van der Waals surface area contributed by atoms with Crippen LogP contribution in [0.2, 0.25) is 0 Å². The molecule has 2 amide bonds. The normalized spacial score (nSPS) is 11.3. The van der Waals surface area contributed by atoms with Crippen molar-refractivity contribution in [2.45, 2.75) is 19.8 Å². The van der Waals surface area contributed by atoms with Crippen LogP contribution in [0.4, 0.5) is 14.9 Å². The second kappa shape index (κ2) is 7.85. The molecule has 0 bridgehead atoms. The van der Waals surface area contributed by atoms with Gasteiger partial charge in [-0.05, 0) is 24.5 Å². The van der Waals surface area contributed by atoms with Crippen LogP contribution in [0.15, 0.2) is 18.2 Å². The minimum Gasteiger partial charge on any atom is -0.481 e. The van der Waals surface area contributed by atoms with Gasteiger partial charge < -0.3 is 15.7 Å². The minimum absolute atomic E-state index is 0.00482. The molecule has 0 aliphatic carbocycles. The number of nitrogens with one attached hydrogen (secondary N) is 2. The summed E-state index contributed by atoms with van der Waals surface area (Å²) in [5.41, 5.74) is -0.139. The lowest BCUT2D eigenvalue weighted by Crippen LogP contribution is -2.32. The maximum Gasteiger partial charge on any atom is 0.319 e. The topological polar surface area (TPSA) is 102 Å². The molecule has 112 valence electrons. The van der Waals surface area contributed by atoms with Gasteiger partial charge in [0.1, 0.15) is 17.4 Å². The Kier molecular flexibility index (Phi) is 6.14. The van der Waals surface area contributed by atoms with E-state index < -0.39 is 17.8 Å². The number of benzene rings is 1. The molecular weight excluding hydrogens is 277 g/mol. The Morgan fingerprint density at radius 3 is 2.81 bits per heavy atom. The lowest BCUT2D eigenvalue weighted by Gasteiger charge is -2.13. The zero-order chi connectivity index (χ0) is 15.8. The van der Waals surface area contributed by atoms with E-state index in [2.05, 4.69) is 10.6 Å². The molecular formula is C14H16FN3O3. The van der Waals surface area contributed by atoms with Gasteiger partial charge in [-0.15, -0.1) is 0 Å². The van der Waals surface area contributed by atoms with Crippen LogP contribution in [0.5, 0.6) is 0 Å². The first-order chi connectivity index (χ1) is 9.93. The number of anilines is 1. The first kappa shape index (κ1) is 16.4. The summed E-state index contributed by atoms with van der Waals surface area (Å²) in [6.07, 6.45) is 0.478. The van der Waals surface area contributed by atoms with E-state index in [1.165, 1.54) is 12.1 Å². The van der Waals surface area contributed by atoms with Gasteiger partial charge in [0.15, 0.2) is 0 Å². The van der Waals surface area contributed by atoms with Gasteiger partial charge in [-0.2, -0.15) is 5.26 Å². The van der Waals surface area contributed by atoms with Crippen molar-refractivity contribution in [2.24, 2.45) is 5.92 Å². The number of halogens is 1. The largest absolute Gasteiger partial charge is 0.481 e. The highest BCUT2D eigenvalue weighted by molar-refractivity contribution is 5.90. The van der Waals surface area contributed by atoms with Gasteiger partial charge in [0.05, 0.1) is 5.69 Å². The highest BCUT2D eigenvalue weighted by Gasteiger charge is 2.11. The number of carbonyl (C=O) groups excluding carboxylic acids is 1. The first-order valence-corrected chi connectivity index (χ1v) is 6.39.